The first-order valence-corrected chi connectivity index (χ1v) is 12.6. The van der Waals surface area contributed by atoms with Crippen molar-refractivity contribution in [1.82, 2.24) is 40.1 Å². The fourth-order valence-corrected chi connectivity index (χ4v) is 4.72. The summed E-state index contributed by atoms with van der Waals surface area (Å²) in [5.41, 5.74) is 7.63. The molecule has 0 aliphatic carbocycles. The Balaban J connectivity index is 1.36. The van der Waals surface area contributed by atoms with Gasteiger partial charge < -0.3 is 9.30 Å². The van der Waals surface area contributed by atoms with E-state index in [1.807, 2.05) is 31.2 Å². The highest BCUT2D eigenvalue weighted by Gasteiger charge is 2.16. The number of fused-ring (bicyclic) bond motifs is 1. The van der Waals surface area contributed by atoms with Crippen LogP contribution in [0.2, 0.25) is 0 Å². The van der Waals surface area contributed by atoms with E-state index in [1.54, 1.807) is 6.07 Å². The second-order valence-corrected chi connectivity index (χ2v) is 9.27. The lowest BCUT2D eigenvalue weighted by Gasteiger charge is -2.12. The summed E-state index contributed by atoms with van der Waals surface area (Å²) in [5, 5.41) is 14.5. The van der Waals surface area contributed by atoms with Gasteiger partial charge in [0.05, 0.1) is 6.54 Å². The van der Waals surface area contributed by atoms with Gasteiger partial charge in [0.25, 0.3) is 0 Å². The monoisotopic (exact) mass is 520 g/mol. The summed E-state index contributed by atoms with van der Waals surface area (Å²) in [4.78, 5) is 13.7. The van der Waals surface area contributed by atoms with E-state index in [1.165, 1.54) is 18.3 Å². The van der Waals surface area contributed by atoms with Crippen molar-refractivity contribution in [3.63, 3.8) is 0 Å². The Morgan fingerprint density at radius 2 is 1.79 bits per heavy atom. The molecule has 0 saturated heterocycles. The lowest BCUT2D eigenvalue weighted by atomic mass is 9.98. The Hall–Kier alpha value is -4.99. The van der Waals surface area contributed by atoms with Crippen LogP contribution >= 0.6 is 0 Å². The maximum Gasteiger partial charge on any atom is 0.222 e. The summed E-state index contributed by atoms with van der Waals surface area (Å²) in [6, 6.07) is 18.3. The maximum atomic E-state index is 13.7. The first-order chi connectivity index (χ1) is 19.0. The minimum Gasteiger partial charge on any atom is -0.439 e. The topological polar surface area (TPSA) is 107 Å². The molecule has 0 fully saturated rings. The number of ether oxygens (including phenoxy) is 1. The zero-order chi connectivity index (χ0) is 26.9. The van der Waals surface area contributed by atoms with Crippen LogP contribution in [0, 0.1) is 19.7 Å². The highest BCUT2D eigenvalue weighted by Crippen LogP contribution is 2.35. The number of aromatic nitrogens is 8. The number of hydrogen-bond acceptors (Lipinski definition) is 7. The number of nitrogens with one attached hydrogen (secondary N) is 1. The highest BCUT2D eigenvalue weighted by atomic mass is 19.1. The van der Waals surface area contributed by atoms with E-state index in [4.69, 9.17) is 14.7 Å². The van der Waals surface area contributed by atoms with Crippen LogP contribution < -0.4 is 4.74 Å². The summed E-state index contributed by atoms with van der Waals surface area (Å²) in [6.45, 7) is 6.85. The SMILES string of the molecule is CCc1nc2c(C)cc(C)nc2n1Cc1ccc(-c2cc(Oc3cc(F)ccn3)ccc2-c2nn[nH]n2)cc1. The number of imidazole rings is 1. The smallest absolute Gasteiger partial charge is 0.222 e. The first-order valence-electron chi connectivity index (χ1n) is 12.6. The molecule has 194 valence electrons. The predicted octanol–water partition coefficient (Wildman–Crippen LogP) is 5.83. The van der Waals surface area contributed by atoms with E-state index >= 15 is 0 Å². The van der Waals surface area contributed by atoms with E-state index in [-0.39, 0.29) is 5.88 Å². The third-order valence-electron chi connectivity index (χ3n) is 6.52. The van der Waals surface area contributed by atoms with Crippen molar-refractivity contribution in [3.05, 3.63) is 95.3 Å². The van der Waals surface area contributed by atoms with Crippen LogP contribution in [-0.2, 0) is 13.0 Å². The van der Waals surface area contributed by atoms with Gasteiger partial charge in [-0.1, -0.05) is 31.2 Å². The number of pyridine rings is 2. The maximum absolute atomic E-state index is 13.7. The van der Waals surface area contributed by atoms with Crippen molar-refractivity contribution in [3.8, 4) is 34.1 Å². The molecular formula is C29H25FN8O. The lowest BCUT2D eigenvalue weighted by molar-refractivity contribution is 0.457. The fraction of sp³-hybridized carbons (Fsp3) is 0.172. The average molecular weight is 521 g/mol. The quantitative estimate of drug-likeness (QED) is 0.282. The van der Waals surface area contributed by atoms with Crippen molar-refractivity contribution in [2.75, 3.05) is 0 Å². The van der Waals surface area contributed by atoms with Crippen molar-refractivity contribution in [2.45, 2.75) is 33.7 Å². The molecule has 6 aromatic rings. The molecule has 9 nitrogen and oxygen atoms in total. The number of rotatable bonds is 7. The highest BCUT2D eigenvalue weighted by molar-refractivity contribution is 5.82. The molecule has 0 bridgehead atoms. The van der Waals surface area contributed by atoms with Gasteiger partial charge in [-0.3, -0.25) is 0 Å². The van der Waals surface area contributed by atoms with Gasteiger partial charge in [-0.2, -0.15) is 5.21 Å². The number of H-pyrrole nitrogens is 1. The van der Waals surface area contributed by atoms with E-state index in [2.05, 4.69) is 62.2 Å². The molecule has 0 spiro atoms. The molecule has 0 radical (unpaired) electrons. The standard InChI is InChI=1S/C29H25FN8O/c1-4-25-33-27-17(2)13-18(3)32-29(27)38(25)16-19-5-7-20(8-6-19)24-15-22(39-26-14-21(30)11-12-31-26)9-10-23(24)28-34-36-37-35-28/h5-15H,4,16H2,1-3H3,(H,34,35,36,37). The molecular weight excluding hydrogens is 495 g/mol. The number of nitrogens with zero attached hydrogens (tertiary/aromatic N) is 7. The van der Waals surface area contributed by atoms with Gasteiger partial charge in [0.1, 0.15) is 22.9 Å². The lowest BCUT2D eigenvalue weighted by Crippen LogP contribution is -2.05. The molecule has 0 aliphatic rings. The molecule has 2 aromatic carbocycles. The molecule has 4 aromatic heterocycles. The number of halogens is 1. The summed E-state index contributed by atoms with van der Waals surface area (Å²) < 4.78 is 21.7. The molecule has 0 amide bonds. The van der Waals surface area contributed by atoms with E-state index in [9.17, 15) is 4.39 Å². The van der Waals surface area contributed by atoms with Crippen LogP contribution in [-0.4, -0.2) is 40.1 Å². The summed E-state index contributed by atoms with van der Waals surface area (Å²) in [6.07, 6.45) is 2.18. The molecule has 0 atom stereocenters. The molecule has 39 heavy (non-hydrogen) atoms. The van der Waals surface area contributed by atoms with Crippen LogP contribution in [0.25, 0.3) is 33.7 Å². The molecule has 0 saturated carbocycles. The van der Waals surface area contributed by atoms with Crippen molar-refractivity contribution in [1.29, 1.82) is 0 Å². The van der Waals surface area contributed by atoms with Crippen LogP contribution in [0.4, 0.5) is 4.39 Å². The molecule has 0 aliphatic heterocycles. The Morgan fingerprint density at radius 1 is 0.949 bits per heavy atom. The van der Waals surface area contributed by atoms with Gasteiger partial charge in [0.15, 0.2) is 5.65 Å². The van der Waals surface area contributed by atoms with Gasteiger partial charge in [-0.15, -0.1) is 10.2 Å². The van der Waals surface area contributed by atoms with E-state index in [0.29, 0.717) is 18.1 Å². The van der Waals surface area contributed by atoms with Crippen LogP contribution in [0.15, 0.2) is 66.9 Å². The second-order valence-electron chi connectivity index (χ2n) is 9.27. The third kappa shape index (κ3) is 4.84. The zero-order valence-corrected chi connectivity index (χ0v) is 21.7. The predicted molar refractivity (Wildman–Crippen MR) is 145 cm³/mol. The minimum absolute atomic E-state index is 0.168. The largest absolute Gasteiger partial charge is 0.439 e. The Morgan fingerprint density at radius 3 is 2.54 bits per heavy atom. The zero-order valence-electron chi connectivity index (χ0n) is 21.7. The van der Waals surface area contributed by atoms with Crippen molar-refractivity contribution < 1.29 is 9.13 Å². The van der Waals surface area contributed by atoms with Crippen LogP contribution in [0.3, 0.4) is 0 Å². The average Bonchev–Trinajstić information content (AvgIpc) is 3.58. The van der Waals surface area contributed by atoms with E-state index < -0.39 is 5.82 Å². The Bertz CT molecular complexity index is 1780. The van der Waals surface area contributed by atoms with E-state index in [0.717, 1.165) is 56.9 Å². The molecule has 10 heteroatoms. The number of tetrazole rings is 1. The molecule has 6 rings (SSSR count). The van der Waals surface area contributed by atoms with Crippen LogP contribution in [0.5, 0.6) is 11.6 Å². The number of hydrogen-bond donors (Lipinski definition) is 1. The third-order valence-corrected chi connectivity index (χ3v) is 6.52. The number of aromatic amines is 1. The Labute approximate surface area is 223 Å². The van der Waals surface area contributed by atoms with Gasteiger partial charge in [-0.05, 0) is 71.6 Å². The fourth-order valence-electron chi connectivity index (χ4n) is 4.72. The molecule has 4 heterocycles. The second kappa shape index (κ2) is 10.1. The number of benzene rings is 2. The van der Waals surface area contributed by atoms with Gasteiger partial charge in [0.2, 0.25) is 11.7 Å². The summed E-state index contributed by atoms with van der Waals surface area (Å²) in [5.74, 6) is 1.72. The van der Waals surface area contributed by atoms with Gasteiger partial charge >= 0.3 is 0 Å². The molecule has 0 unspecified atom stereocenters. The summed E-state index contributed by atoms with van der Waals surface area (Å²) in [7, 11) is 0. The first kappa shape index (κ1) is 24.4. The minimum atomic E-state index is -0.420. The van der Waals surface area contributed by atoms with Gasteiger partial charge in [0, 0.05) is 29.9 Å². The summed E-state index contributed by atoms with van der Waals surface area (Å²) >= 11 is 0. The van der Waals surface area contributed by atoms with Crippen LogP contribution in [0.1, 0.15) is 29.6 Å². The number of aryl methyl sites for hydroxylation is 3. The normalized spacial score (nSPS) is 11.3. The van der Waals surface area contributed by atoms with Crippen molar-refractivity contribution >= 4 is 11.2 Å². The van der Waals surface area contributed by atoms with Crippen molar-refractivity contribution in [2.24, 2.45) is 0 Å². The van der Waals surface area contributed by atoms with Gasteiger partial charge in [-0.25, -0.2) is 19.3 Å². The molecule has 1 N–H and O–H groups in total. The Kier molecular flexibility index (Phi) is 6.28.